The molecule has 4 nitrogen and oxygen atoms in total. The number of ketones is 1. The average molecular weight is 796 g/mol. The van der Waals surface area contributed by atoms with E-state index in [2.05, 4.69) is 216 Å². The minimum atomic E-state index is -0.138. The molecule has 0 radical (unpaired) electrons. The van der Waals surface area contributed by atoms with Gasteiger partial charge in [0, 0.05) is 55.1 Å². The van der Waals surface area contributed by atoms with Crippen LogP contribution >= 0.6 is 0 Å². The quantitative estimate of drug-likeness (QED) is 0.157. The van der Waals surface area contributed by atoms with E-state index in [9.17, 15) is 4.79 Å². The molecule has 0 N–H and O–H groups in total. The molecule has 12 rings (SSSR count). The van der Waals surface area contributed by atoms with Gasteiger partial charge < -0.3 is 14.0 Å². The number of carbonyl (C=O) groups excluding carboxylic acids is 1. The van der Waals surface area contributed by atoms with E-state index in [4.69, 9.17) is 0 Å². The molecule has 294 valence electrons. The van der Waals surface area contributed by atoms with E-state index in [0.717, 1.165) is 61.4 Å². The van der Waals surface area contributed by atoms with Gasteiger partial charge in [-0.1, -0.05) is 117 Å². The number of benzene rings is 9. The molecule has 0 aliphatic carbocycles. The number of para-hydroxylation sites is 5. The van der Waals surface area contributed by atoms with Crippen LogP contribution in [-0.4, -0.2) is 14.9 Å². The fourth-order valence-corrected chi connectivity index (χ4v) is 10.1. The van der Waals surface area contributed by atoms with Crippen LogP contribution in [0.3, 0.4) is 0 Å². The van der Waals surface area contributed by atoms with Crippen LogP contribution in [0.25, 0.3) is 66.1 Å². The predicted octanol–water partition coefficient (Wildman–Crippen LogP) is 14.9. The van der Waals surface area contributed by atoms with Gasteiger partial charge in [-0.05, 0) is 131 Å². The summed E-state index contributed by atoms with van der Waals surface area (Å²) in [6.07, 6.45) is 0. The highest BCUT2D eigenvalue weighted by Gasteiger charge is 2.36. The van der Waals surface area contributed by atoms with Gasteiger partial charge >= 0.3 is 0 Å². The first-order chi connectivity index (χ1) is 30.4. The normalized spacial score (nSPS) is 13.2. The van der Waals surface area contributed by atoms with Crippen molar-refractivity contribution in [2.24, 2.45) is 0 Å². The highest BCUT2D eigenvalue weighted by Crippen LogP contribution is 2.51. The first-order valence-electron chi connectivity index (χ1n) is 21.3. The Balaban J connectivity index is 0.959. The number of nitrogens with zero attached hydrogens (tertiary/aromatic N) is 3. The van der Waals surface area contributed by atoms with Crippen molar-refractivity contribution in [2.75, 3.05) is 4.90 Å². The molecule has 1 aliphatic rings. The summed E-state index contributed by atoms with van der Waals surface area (Å²) in [6.45, 7) is 4.59. The Kier molecular flexibility index (Phi) is 8.00. The van der Waals surface area contributed by atoms with Gasteiger partial charge in [0.2, 0.25) is 0 Å². The minimum absolute atomic E-state index is 0.00366. The van der Waals surface area contributed by atoms with E-state index < -0.39 is 0 Å². The molecule has 2 aromatic heterocycles. The van der Waals surface area contributed by atoms with Gasteiger partial charge in [-0.2, -0.15) is 0 Å². The molecule has 0 saturated carbocycles. The summed E-state index contributed by atoms with van der Waals surface area (Å²) in [5.41, 5.74) is 16.1. The number of aromatic nitrogens is 2. The van der Waals surface area contributed by atoms with Gasteiger partial charge in [-0.15, -0.1) is 0 Å². The third kappa shape index (κ3) is 5.43. The fourth-order valence-electron chi connectivity index (χ4n) is 10.1. The van der Waals surface area contributed by atoms with Crippen LogP contribution in [0.4, 0.5) is 17.1 Å². The van der Waals surface area contributed by atoms with Crippen LogP contribution in [0.2, 0.25) is 0 Å². The maximum atomic E-state index is 14.5. The van der Waals surface area contributed by atoms with Gasteiger partial charge in [-0.25, -0.2) is 0 Å². The lowest BCUT2D eigenvalue weighted by molar-refractivity contribution is 0.103. The molecule has 0 spiro atoms. The van der Waals surface area contributed by atoms with Crippen molar-refractivity contribution < 1.29 is 4.79 Å². The second kappa shape index (κ2) is 13.8. The molecule has 11 aromatic rings. The minimum Gasteiger partial charge on any atom is -0.310 e. The van der Waals surface area contributed by atoms with Crippen LogP contribution in [-0.2, 0) is 5.41 Å². The van der Waals surface area contributed by atoms with Crippen LogP contribution in [0.5, 0.6) is 0 Å². The summed E-state index contributed by atoms with van der Waals surface area (Å²) in [5, 5.41) is 4.58. The molecule has 0 unspecified atom stereocenters. The number of hydrogen-bond acceptors (Lipinski definition) is 2. The Morgan fingerprint density at radius 1 is 0.371 bits per heavy atom. The van der Waals surface area contributed by atoms with Crippen molar-refractivity contribution >= 4 is 66.5 Å². The van der Waals surface area contributed by atoms with Crippen LogP contribution in [0, 0.1) is 0 Å². The summed E-state index contributed by atoms with van der Waals surface area (Å²) in [5.74, 6) is -0.00366. The van der Waals surface area contributed by atoms with Crippen molar-refractivity contribution in [1.82, 2.24) is 9.13 Å². The topological polar surface area (TPSA) is 30.2 Å². The Hall–Kier alpha value is -7.95. The number of anilines is 3. The summed E-state index contributed by atoms with van der Waals surface area (Å²) in [4.78, 5) is 16.8. The lowest BCUT2D eigenvalue weighted by Crippen LogP contribution is -2.30. The van der Waals surface area contributed by atoms with Crippen LogP contribution < -0.4 is 4.90 Å². The first kappa shape index (κ1) is 35.9. The number of fused-ring (bicyclic) bond motifs is 8. The third-order valence-corrected chi connectivity index (χ3v) is 13.1. The monoisotopic (exact) mass is 795 g/mol. The molecule has 3 heterocycles. The Morgan fingerprint density at radius 2 is 0.806 bits per heavy atom. The van der Waals surface area contributed by atoms with E-state index in [-0.39, 0.29) is 11.2 Å². The fraction of sp³-hybridized carbons (Fsp3) is 0.0517. The highest BCUT2D eigenvalue weighted by atomic mass is 16.1. The molecular weight excluding hydrogens is 755 g/mol. The molecule has 9 aromatic carbocycles. The molecule has 0 bridgehead atoms. The van der Waals surface area contributed by atoms with E-state index in [1.807, 2.05) is 24.3 Å². The lowest BCUT2D eigenvalue weighted by Gasteiger charge is -2.42. The zero-order valence-electron chi connectivity index (χ0n) is 34.5. The van der Waals surface area contributed by atoms with E-state index in [0.29, 0.717) is 11.1 Å². The third-order valence-electron chi connectivity index (χ3n) is 13.1. The Labute approximate surface area is 360 Å². The first-order valence-corrected chi connectivity index (χ1v) is 21.3. The van der Waals surface area contributed by atoms with E-state index in [1.54, 1.807) is 0 Å². The van der Waals surface area contributed by atoms with Crippen molar-refractivity contribution in [1.29, 1.82) is 0 Å². The van der Waals surface area contributed by atoms with Gasteiger partial charge in [0.25, 0.3) is 0 Å². The van der Waals surface area contributed by atoms with Crippen molar-refractivity contribution in [3.05, 3.63) is 235 Å². The van der Waals surface area contributed by atoms with Crippen molar-refractivity contribution in [2.45, 2.75) is 19.3 Å². The molecule has 0 atom stereocenters. The summed E-state index contributed by atoms with van der Waals surface area (Å²) >= 11 is 0. The van der Waals surface area contributed by atoms with E-state index in [1.165, 1.54) is 32.9 Å². The van der Waals surface area contributed by atoms with Gasteiger partial charge in [0.15, 0.2) is 5.78 Å². The van der Waals surface area contributed by atoms with Crippen molar-refractivity contribution in [3.63, 3.8) is 0 Å². The maximum Gasteiger partial charge on any atom is 0.193 e. The van der Waals surface area contributed by atoms with E-state index >= 15 is 0 Å². The Bertz CT molecular complexity index is 3510. The molecular formula is C58H41N3O. The standard InChI is InChI=1S/C58H41N3O/c1-58(2)49-20-10-13-23-55(49)61(56-24-14-11-21-50(56)58)44-30-25-38(26-31-44)57(62)41-29-34-54-48(37-41)47-36-40(28-33-53(47)60(54)43-17-7-4-8-18-43)39-27-32-52-46(35-39)45-19-9-12-22-51(45)59(52)42-15-5-3-6-16-42/h3-37H,1-2H3. The molecule has 1 aliphatic heterocycles. The molecule has 0 fully saturated rings. The molecule has 0 saturated heterocycles. The second-order valence-corrected chi connectivity index (χ2v) is 16.9. The maximum absolute atomic E-state index is 14.5. The van der Waals surface area contributed by atoms with Gasteiger partial charge in [0.1, 0.15) is 0 Å². The summed E-state index contributed by atoms with van der Waals surface area (Å²) < 4.78 is 4.66. The molecule has 0 amide bonds. The molecule has 62 heavy (non-hydrogen) atoms. The highest BCUT2D eigenvalue weighted by molar-refractivity contribution is 6.16. The van der Waals surface area contributed by atoms with Gasteiger partial charge in [0.05, 0.1) is 33.4 Å². The summed E-state index contributed by atoms with van der Waals surface area (Å²) in [7, 11) is 0. The number of hydrogen-bond donors (Lipinski definition) is 0. The zero-order valence-corrected chi connectivity index (χ0v) is 34.5. The summed E-state index contributed by atoms with van der Waals surface area (Å²) in [6, 6.07) is 74.9. The number of carbonyl (C=O) groups is 1. The van der Waals surface area contributed by atoms with Crippen LogP contribution in [0.15, 0.2) is 212 Å². The largest absolute Gasteiger partial charge is 0.310 e. The SMILES string of the molecule is CC1(C)c2ccccc2N(c2ccc(C(=O)c3ccc4c(c3)c3cc(-c5ccc6c(c5)c5ccccc5n6-c5ccccc5)ccc3n4-c3ccccc3)cc2)c2ccccc21. The number of rotatable bonds is 6. The molecule has 4 heteroatoms. The average Bonchev–Trinajstić information content (AvgIpc) is 3.84. The Morgan fingerprint density at radius 3 is 1.39 bits per heavy atom. The second-order valence-electron chi connectivity index (χ2n) is 16.9. The van der Waals surface area contributed by atoms with Crippen molar-refractivity contribution in [3.8, 4) is 22.5 Å². The van der Waals surface area contributed by atoms with Crippen LogP contribution in [0.1, 0.15) is 40.9 Å². The van der Waals surface area contributed by atoms with Gasteiger partial charge in [-0.3, -0.25) is 4.79 Å². The predicted molar refractivity (Wildman–Crippen MR) is 257 cm³/mol. The lowest BCUT2D eigenvalue weighted by atomic mass is 9.73. The smallest absolute Gasteiger partial charge is 0.193 e. The zero-order chi connectivity index (χ0) is 41.5.